The lowest BCUT2D eigenvalue weighted by molar-refractivity contribution is 0.204. The molecule has 1 fully saturated rings. The first kappa shape index (κ1) is 23.4. The van der Waals surface area contributed by atoms with Gasteiger partial charge in [0.2, 0.25) is 0 Å². The minimum Gasteiger partial charge on any atom is -0.321 e. The van der Waals surface area contributed by atoms with E-state index in [1.165, 1.54) is 24.8 Å². The van der Waals surface area contributed by atoms with E-state index in [4.69, 9.17) is 0 Å². The van der Waals surface area contributed by atoms with E-state index in [1.807, 2.05) is 17.7 Å². The lowest BCUT2D eigenvalue weighted by atomic mass is 9.94. The molecule has 182 valence electrons. The summed E-state index contributed by atoms with van der Waals surface area (Å²) in [5, 5.41) is 14.2. The number of aromatic amines is 1. The molecule has 7 heteroatoms. The highest BCUT2D eigenvalue weighted by Gasteiger charge is 2.32. The maximum atomic E-state index is 13.6. The second-order valence-electron chi connectivity index (χ2n) is 9.77. The summed E-state index contributed by atoms with van der Waals surface area (Å²) >= 11 is 0. The number of pyridine rings is 1. The largest absolute Gasteiger partial charge is 0.321 e. The smallest absolute Gasteiger partial charge is 0.253 e. The van der Waals surface area contributed by atoms with Gasteiger partial charge in [0.1, 0.15) is 6.04 Å². The van der Waals surface area contributed by atoms with Gasteiger partial charge < -0.3 is 4.98 Å². The average molecular weight is 471 g/mol. The van der Waals surface area contributed by atoms with Gasteiger partial charge in [0.05, 0.1) is 11.6 Å². The molecule has 1 N–H and O–H groups in total. The van der Waals surface area contributed by atoms with E-state index in [0.29, 0.717) is 12.1 Å². The van der Waals surface area contributed by atoms with E-state index in [0.717, 1.165) is 47.2 Å². The average Bonchev–Trinajstić information content (AvgIpc) is 3.37. The lowest BCUT2D eigenvalue weighted by Gasteiger charge is -2.32. The van der Waals surface area contributed by atoms with Gasteiger partial charge in [0.15, 0.2) is 5.82 Å². The minimum atomic E-state index is -0.356. The quantitative estimate of drug-likeness (QED) is 0.399. The van der Waals surface area contributed by atoms with Gasteiger partial charge >= 0.3 is 0 Å². The summed E-state index contributed by atoms with van der Waals surface area (Å²) < 4.78 is 2.00. The fourth-order valence-electron chi connectivity index (χ4n) is 5.46. The maximum Gasteiger partial charge on any atom is 0.253 e. The van der Waals surface area contributed by atoms with Crippen LogP contribution in [0.25, 0.3) is 10.9 Å². The summed E-state index contributed by atoms with van der Waals surface area (Å²) in [6.07, 6.45) is 5.77. The molecule has 2 aromatic carbocycles. The highest BCUT2D eigenvalue weighted by molar-refractivity contribution is 5.85. The van der Waals surface area contributed by atoms with Crippen molar-refractivity contribution in [3.05, 3.63) is 87.0 Å². The highest BCUT2D eigenvalue weighted by atomic mass is 16.1. The van der Waals surface area contributed by atoms with Crippen LogP contribution in [-0.4, -0.2) is 36.6 Å². The van der Waals surface area contributed by atoms with E-state index in [1.54, 1.807) is 0 Å². The normalized spacial score (nSPS) is 15.7. The molecule has 1 atom stereocenters. The van der Waals surface area contributed by atoms with Gasteiger partial charge in [-0.1, -0.05) is 68.7 Å². The molecule has 0 saturated heterocycles. The number of H-pyrrole nitrogens is 1. The van der Waals surface area contributed by atoms with Crippen LogP contribution in [0.3, 0.4) is 0 Å². The Morgan fingerprint density at radius 3 is 2.54 bits per heavy atom. The number of hydrogen-bond donors (Lipinski definition) is 1. The Labute approximate surface area is 206 Å². The summed E-state index contributed by atoms with van der Waals surface area (Å²) in [5.74, 6) is 0.754. The first-order valence-corrected chi connectivity index (χ1v) is 12.8. The highest BCUT2D eigenvalue weighted by Crippen LogP contribution is 2.34. The van der Waals surface area contributed by atoms with Crippen LogP contribution in [0.4, 0.5) is 0 Å². The van der Waals surface area contributed by atoms with Crippen LogP contribution < -0.4 is 5.56 Å². The Kier molecular flexibility index (Phi) is 6.77. The molecule has 1 aliphatic carbocycles. The Morgan fingerprint density at radius 2 is 1.80 bits per heavy atom. The van der Waals surface area contributed by atoms with Crippen LogP contribution in [0.1, 0.15) is 79.2 Å². The van der Waals surface area contributed by atoms with Crippen LogP contribution in [-0.2, 0) is 6.54 Å². The van der Waals surface area contributed by atoms with Gasteiger partial charge in [0.25, 0.3) is 5.56 Å². The number of benzene rings is 2. The van der Waals surface area contributed by atoms with Crippen LogP contribution in [0.15, 0.2) is 53.3 Å². The second-order valence-corrected chi connectivity index (χ2v) is 9.77. The summed E-state index contributed by atoms with van der Waals surface area (Å²) in [7, 11) is 0. The number of hydrogen-bond acceptors (Lipinski definition) is 5. The van der Waals surface area contributed by atoms with Gasteiger partial charge in [0, 0.05) is 17.5 Å². The zero-order valence-electron chi connectivity index (χ0n) is 20.9. The monoisotopic (exact) mass is 470 g/mol. The van der Waals surface area contributed by atoms with Crippen molar-refractivity contribution in [3.8, 4) is 0 Å². The van der Waals surface area contributed by atoms with Crippen molar-refractivity contribution in [2.75, 3.05) is 6.54 Å². The summed E-state index contributed by atoms with van der Waals surface area (Å²) in [5.41, 5.74) is 4.90. The third-order valence-electron chi connectivity index (χ3n) is 7.45. The zero-order chi connectivity index (χ0) is 24.4. The molecule has 5 rings (SSSR count). The van der Waals surface area contributed by atoms with Crippen molar-refractivity contribution >= 4 is 10.9 Å². The van der Waals surface area contributed by atoms with Gasteiger partial charge in [-0.05, 0) is 66.4 Å². The molecule has 1 aliphatic rings. The zero-order valence-corrected chi connectivity index (χ0v) is 20.9. The fourth-order valence-corrected chi connectivity index (χ4v) is 5.46. The second kappa shape index (κ2) is 10.1. The Balaban J connectivity index is 1.68. The number of nitrogens with zero attached hydrogens (tertiary/aromatic N) is 5. The lowest BCUT2D eigenvalue weighted by Crippen LogP contribution is -2.35. The number of fused-ring (bicyclic) bond motifs is 1. The maximum absolute atomic E-state index is 13.6. The van der Waals surface area contributed by atoms with Crippen LogP contribution in [0.2, 0.25) is 0 Å². The minimum absolute atomic E-state index is 0.0825. The fraction of sp³-hybridized carbons (Fsp3) is 0.429. The molecule has 1 saturated carbocycles. The molecule has 0 bridgehead atoms. The first-order chi connectivity index (χ1) is 17.1. The van der Waals surface area contributed by atoms with Crippen molar-refractivity contribution in [2.45, 2.75) is 71.5 Å². The summed E-state index contributed by atoms with van der Waals surface area (Å²) in [6.45, 7) is 7.71. The Hall–Kier alpha value is -3.32. The molecule has 0 amide bonds. The third kappa shape index (κ3) is 4.65. The van der Waals surface area contributed by atoms with E-state index in [2.05, 4.69) is 81.7 Å². The standard InChI is InChI=1S/C28H34N6O/c1-4-33(18-21-11-7-5-8-12-21)26(27-30-31-32-34(27)22-13-9-6-10-14-22)24-17-23-19(2)15-16-20(3)25(23)29-28(24)35/h5,7-8,11-12,15-17,22,26H,4,6,9-10,13-14,18H2,1-3H3,(H,29,35)/t26-/m0/s1. The van der Waals surface area contributed by atoms with E-state index in [-0.39, 0.29) is 17.6 Å². The molecule has 0 radical (unpaired) electrons. The molecule has 7 nitrogen and oxygen atoms in total. The molecule has 0 spiro atoms. The molecular formula is C28H34N6O. The summed E-state index contributed by atoms with van der Waals surface area (Å²) in [6, 6.07) is 16.5. The molecule has 2 aromatic heterocycles. The predicted molar refractivity (Wildman–Crippen MR) is 138 cm³/mol. The Morgan fingerprint density at radius 1 is 1.06 bits per heavy atom. The van der Waals surface area contributed by atoms with Crippen LogP contribution in [0.5, 0.6) is 0 Å². The van der Waals surface area contributed by atoms with Gasteiger partial charge in [-0.3, -0.25) is 9.69 Å². The number of aromatic nitrogens is 5. The molecule has 2 heterocycles. The van der Waals surface area contributed by atoms with E-state index < -0.39 is 0 Å². The predicted octanol–water partition coefficient (Wildman–Crippen LogP) is 5.25. The summed E-state index contributed by atoms with van der Waals surface area (Å²) in [4.78, 5) is 19.1. The van der Waals surface area contributed by atoms with Crippen molar-refractivity contribution in [1.29, 1.82) is 0 Å². The van der Waals surface area contributed by atoms with Crippen molar-refractivity contribution in [1.82, 2.24) is 30.1 Å². The molecule has 0 aliphatic heterocycles. The first-order valence-electron chi connectivity index (χ1n) is 12.8. The van der Waals surface area contributed by atoms with Crippen molar-refractivity contribution in [2.24, 2.45) is 0 Å². The van der Waals surface area contributed by atoms with Crippen LogP contribution in [0, 0.1) is 13.8 Å². The topological polar surface area (TPSA) is 79.7 Å². The molecule has 4 aromatic rings. The van der Waals surface area contributed by atoms with Gasteiger partial charge in [-0.25, -0.2) is 4.68 Å². The van der Waals surface area contributed by atoms with Crippen LogP contribution >= 0.6 is 0 Å². The SMILES string of the molecule is CCN(Cc1ccccc1)[C@@H](c1cc2c(C)ccc(C)c2[nH]c1=O)c1nnnn1C1CCCCC1. The third-order valence-corrected chi connectivity index (χ3v) is 7.45. The number of aryl methyl sites for hydroxylation is 2. The van der Waals surface area contributed by atoms with E-state index >= 15 is 0 Å². The van der Waals surface area contributed by atoms with E-state index in [9.17, 15) is 4.79 Å². The molecule has 0 unspecified atom stereocenters. The number of tetrazole rings is 1. The molecular weight excluding hydrogens is 436 g/mol. The van der Waals surface area contributed by atoms with Gasteiger partial charge in [-0.15, -0.1) is 5.10 Å². The number of nitrogens with one attached hydrogen (secondary N) is 1. The van der Waals surface area contributed by atoms with Crippen molar-refractivity contribution in [3.63, 3.8) is 0 Å². The van der Waals surface area contributed by atoms with Gasteiger partial charge in [-0.2, -0.15) is 0 Å². The van der Waals surface area contributed by atoms with Crippen molar-refractivity contribution < 1.29 is 0 Å². The Bertz CT molecular complexity index is 1350. The number of rotatable bonds is 7. The molecule has 35 heavy (non-hydrogen) atoms.